The van der Waals surface area contributed by atoms with Crippen molar-refractivity contribution in [2.45, 2.75) is 0 Å². The number of benzene rings is 4. The highest BCUT2D eigenvalue weighted by Crippen LogP contribution is 2.31. The van der Waals surface area contributed by atoms with Crippen molar-refractivity contribution in [3.63, 3.8) is 0 Å². The summed E-state index contributed by atoms with van der Waals surface area (Å²) in [7, 11) is 0. The number of carbonyl (C=O) groups is 1. The van der Waals surface area contributed by atoms with Crippen molar-refractivity contribution in [1.82, 2.24) is 0 Å². The van der Waals surface area contributed by atoms with Gasteiger partial charge in [-0.1, -0.05) is 42.5 Å². The summed E-state index contributed by atoms with van der Waals surface area (Å²) in [5, 5.41) is 23.9. The number of rotatable bonds is 5. The first kappa shape index (κ1) is 20.5. The first-order valence-corrected chi connectivity index (χ1v) is 9.90. The zero-order chi connectivity index (χ0) is 22.5. The Hall–Kier alpha value is -4.76. The molecule has 0 bridgehead atoms. The van der Waals surface area contributed by atoms with Crippen molar-refractivity contribution in [2.24, 2.45) is 0 Å². The molecular weight excluding hydrogens is 400 g/mol. The van der Waals surface area contributed by atoms with Crippen LogP contribution in [0.2, 0.25) is 0 Å². The van der Waals surface area contributed by atoms with Crippen LogP contribution in [0.5, 0.6) is 5.75 Å². The summed E-state index contributed by atoms with van der Waals surface area (Å²) < 4.78 is 0. The van der Waals surface area contributed by atoms with Gasteiger partial charge in [-0.3, -0.25) is 4.79 Å². The van der Waals surface area contributed by atoms with E-state index in [0.717, 1.165) is 11.4 Å². The van der Waals surface area contributed by atoms with E-state index < -0.39 is 5.91 Å². The number of amides is 1. The van der Waals surface area contributed by atoms with Gasteiger partial charge < -0.3 is 21.1 Å². The summed E-state index contributed by atoms with van der Waals surface area (Å²) >= 11 is 0. The molecule has 4 rings (SSSR count). The monoisotopic (exact) mass is 420 g/mol. The van der Waals surface area contributed by atoms with E-state index in [9.17, 15) is 15.2 Å². The molecule has 4 aromatic carbocycles. The summed E-state index contributed by atoms with van der Waals surface area (Å²) in [5.41, 5.74) is 8.39. The van der Waals surface area contributed by atoms with Crippen LogP contribution in [0.4, 0.5) is 22.7 Å². The van der Waals surface area contributed by atoms with E-state index in [1.165, 1.54) is 6.20 Å². The molecule has 0 aromatic heterocycles. The van der Waals surface area contributed by atoms with Crippen LogP contribution in [0, 0.1) is 11.3 Å². The van der Waals surface area contributed by atoms with Crippen molar-refractivity contribution < 1.29 is 9.90 Å². The van der Waals surface area contributed by atoms with E-state index >= 15 is 0 Å². The van der Waals surface area contributed by atoms with Gasteiger partial charge in [0.1, 0.15) is 17.4 Å². The minimum absolute atomic E-state index is 0.0807. The van der Waals surface area contributed by atoms with Crippen LogP contribution in [-0.4, -0.2) is 11.0 Å². The molecule has 6 heteroatoms. The first-order chi connectivity index (χ1) is 15.6. The highest BCUT2D eigenvalue weighted by molar-refractivity contribution is 6.11. The normalized spacial score (nSPS) is 11.0. The maximum atomic E-state index is 13.0. The second-order valence-corrected chi connectivity index (χ2v) is 7.08. The fourth-order valence-electron chi connectivity index (χ4n) is 3.38. The number of nitriles is 1. The number of fused-ring (bicyclic) bond motifs is 1. The summed E-state index contributed by atoms with van der Waals surface area (Å²) in [4.78, 5) is 14.8. The Morgan fingerprint density at radius 1 is 0.875 bits per heavy atom. The fraction of sp³-hybridized carbons (Fsp3) is 0. The molecule has 0 saturated heterocycles. The molecule has 0 radical (unpaired) electrons. The predicted molar refractivity (Wildman–Crippen MR) is 127 cm³/mol. The van der Waals surface area contributed by atoms with Crippen molar-refractivity contribution in [2.75, 3.05) is 16.0 Å². The van der Waals surface area contributed by atoms with Gasteiger partial charge in [0.15, 0.2) is 0 Å². The van der Waals surface area contributed by atoms with Gasteiger partial charge in [-0.2, -0.15) is 5.26 Å². The average molecular weight is 420 g/mol. The van der Waals surface area contributed by atoms with Gasteiger partial charge in [0.2, 0.25) is 0 Å². The third-order valence-electron chi connectivity index (χ3n) is 4.98. The zero-order valence-electron chi connectivity index (χ0n) is 17.1. The fourth-order valence-corrected chi connectivity index (χ4v) is 3.38. The number of hydrogen-bond donors (Lipinski definition) is 3. The second kappa shape index (κ2) is 8.94. The van der Waals surface area contributed by atoms with Gasteiger partial charge in [-0.05, 0) is 48.5 Å². The molecule has 0 unspecified atom stereocenters. The maximum absolute atomic E-state index is 13.0. The zero-order valence-corrected chi connectivity index (χ0v) is 17.1. The largest absolute Gasteiger partial charge is 0.507 e. The number of anilines is 4. The molecule has 0 aliphatic rings. The van der Waals surface area contributed by atoms with Crippen LogP contribution in [0.1, 0.15) is 0 Å². The van der Waals surface area contributed by atoms with E-state index in [0.29, 0.717) is 22.1 Å². The minimum atomic E-state index is -0.556. The van der Waals surface area contributed by atoms with Crippen LogP contribution in [0.15, 0.2) is 103 Å². The van der Waals surface area contributed by atoms with Crippen molar-refractivity contribution in [3.05, 3.63) is 103 Å². The van der Waals surface area contributed by atoms with Crippen molar-refractivity contribution in [3.8, 4) is 11.8 Å². The second-order valence-electron chi connectivity index (χ2n) is 7.08. The Kier molecular flexibility index (Phi) is 5.73. The van der Waals surface area contributed by atoms with Crippen LogP contribution in [0.25, 0.3) is 10.8 Å². The van der Waals surface area contributed by atoms with Crippen molar-refractivity contribution >= 4 is 39.4 Å². The molecule has 4 aromatic rings. The standard InChI is InChI=1S/C26H20N4O2/c27-16-18(26(32)29-24-10-4-9-23-22(24)8-5-11-25(23)31)17-30(20-6-2-1-3-7-20)21-14-12-19(28)13-15-21/h1-15,17,31H,28H2,(H,29,32)/b18-17-. The van der Waals surface area contributed by atoms with Gasteiger partial charge in [-0.25, -0.2) is 0 Å². The van der Waals surface area contributed by atoms with Crippen LogP contribution < -0.4 is 16.0 Å². The summed E-state index contributed by atoms with van der Waals surface area (Å²) in [5.74, 6) is -0.437. The average Bonchev–Trinajstić information content (AvgIpc) is 2.82. The molecule has 6 nitrogen and oxygen atoms in total. The summed E-state index contributed by atoms with van der Waals surface area (Å²) in [6.45, 7) is 0. The number of phenolic OH excluding ortho intramolecular Hbond substituents is 1. The number of aromatic hydroxyl groups is 1. The van der Waals surface area contributed by atoms with E-state index in [1.54, 1.807) is 53.4 Å². The van der Waals surface area contributed by atoms with Gasteiger partial charge in [-0.15, -0.1) is 0 Å². The lowest BCUT2D eigenvalue weighted by atomic mass is 10.1. The Balaban J connectivity index is 1.71. The minimum Gasteiger partial charge on any atom is -0.507 e. The number of nitrogen functional groups attached to an aromatic ring is 1. The molecule has 4 N–H and O–H groups in total. The highest BCUT2D eigenvalue weighted by Gasteiger charge is 2.15. The van der Waals surface area contributed by atoms with Crippen LogP contribution in [0.3, 0.4) is 0 Å². The smallest absolute Gasteiger partial charge is 0.267 e. The number of nitrogens with zero attached hydrogens (tertiary/aromatic N) is 2. The van der Waals surface area contributed by atoms with E-state index in [-0.39, 0.29) is 11.3 Å². The molecule has 0 atom stereocenters. The number of phenols is 1. The van der Waals surface area contributed by atoms with Crippen LogP contribution >= 0.6 is 0 Å². The van der Waals surface area contributed by atoms with Crippen molar-refractivity contribution in [1.29, 1.82) is 5.26 Å². The number of carbonyl (C=O) groups excluding carboxylic acids is 1. The lowest BCUT2D eigenvalue weighted by Gasteiger charge is -2.21. The Morgan fingerprint density at radius 3 is 2.25 bits per heavy atom. The predicted octanol–water partition coefficient (Wildman–Crippen LogP) is 5.31. The highest BCUT2D eigenvalue weighted by atomic mass is 16.3. The van der Waals surface area contributed by atoms with E-state index in [1.807, 2.05) is 48.5 Å². The van der Waals surface area contributed by atoms with Gasteiger partial charge >= 0.3 is 0 Å². The molecule has 0 heterocycles. The third-order valence-corrected chi connectivity index (χ3v) is 4.98. The number of para-hydroxylation sites is 1. The Bertz CT molecular complexity index is 1340. The SMILES string of the molecule is N#C/C(=C/N(c1ccccc1)c1ccc(N)cc1)C(=O)Nc1cccc2c(O)cccc12. The van der Waals surface area contributed by atoms with Crippen LogP contribution in [-0.2, 0) is 4.79 Å². The molecule has 0 saturated carbocycles. The molecule has 0 aliphatic carbocycles. The van der Waals surface area contributed by atoms with E-state index in [4.69, 9.17) is 5.73 Å². The number of hydrogen-bond acceptors (Lipinski definition) is 5. The van der Waals surface area contributed by atoms with Gasteiger partial charge in [0.25, 0.3) is 5.91 Å². The molecule has 0 aliphatic heterocycles. The van der Waals surface area contributed by atoms with E-state index in [2.05, 4.69) is 5.32 Å². The molecule has 32 heavy (non-hydrogen) atoms. The lowest BCUT2D eigenvalue weighted by molar-refractivity contribution is -0.112. The molecule has 0 spiro atoms. The summed E-state index contributed by atoms with van der Waals surface area (Å²) in [6.07, 6.45) is 1.50. The first-order valence-electron chi connectivity index (χ1n) is 9.90. The number of nitrogens with one attached hydrogen (secondary N) is 1. The summed E-state index contributed by atoms with van der Waals surface area (Å²) in [6, 6.07) is 28.9. The lowest BCUT2D eigenvalue weighted by Crippen LogP contribution is -2.18. The molecule has 1 amide bonds. The topological polar surface area (TPSA) is 102 Å². The maximum Gasteiger partial charge on any atom is 0.267 e. The Labute approximate surface area is 185 Å². The number of nitrogens with two attached hydrogens (primary N) is 1. The Morgan fingerprint density at radius 2 is 1.53 bits per heavy atom. The quantitative estimate of drug-likeness (QED) is 0.231. The molecule has 156 valence electrons. The van der Waals surface area contributed by atoms with Gasteiger partial charge in [0.05, 0.1) is 0 Å². The molecule has 0 fully saturated rings. The molecular formula is C26H20N4O2. The van der Waals surface area contributed by atoms with Gasteiger partial charge in [0, 0.05) is 39.7 Å². The third kappa shape index (κ3) is 4.23.